The van der Waals surface area contributed by atoms with Crippen LogP contribution in [0.25, 0.3) is 22.1 Å². The van der Waals surface area contributed by atoms with Crippen LogP contribution < -0.4 is 11.2 Å². The van der Waals surface area contributed by atoms with Gasteiger partial charge in [0.1, 0.15) is 5.71 Å². The monoisotopic (exact) mass is 400 g/mol. The minimum Gasteiger partial charge on any atom is -0.411 e. The molecule has 4 rings (SSSR count). The number of aryl methyl sites for hydroxylation is 2. The number of aromatic amines is 1. The van der Waals surface area contributed by atoms with Crippen LogP contribution in [0.2, 0.25) is 5.02 Å². The maximum absolute atomic E-state index is 13.1. The third kappa shape index (κ3) is 2.55. The topological polar surface area (TPSA) is 110 Å². The van der Waals surface area contributed by atoms with Crippen molar-refractivity contribution in [1.29, 1.82) is 0 Å². The van der Waals surface area contributed by atoms with Crippen molar-refractivity contribution in [3.8, 4) is 0 Å². The van der Waals surface area contributed by atoms with Gasteiger partial charge in [0.25, 0.3) is 5.56 Å². The molecule has 0 saturated carbocycles. The van der Waals surface area contributed by atoms with Gasteiger partial charge < -0.3 is 14.8 Å². The Morgan fingerprint density at radius 2 is 2.04 bits per heavy atom. The van der Waals surface area contributed by atoms with Crippen LogP contribution in [0.15, 0.2) is 39.0 Å². The number of halogens is 1. The van der Waals surface area contributed by atoms with E-state index in [1.54, 1.807) is 27.1 Å². The normalized spacial score (nSPS) is 12.4. The predicted octanol–water partition coefficient (Wildman–Crippen LogP) is 1.81. The molecule has 0 unspecified atom stereocenters. The minimum atomic E-state index is -0.495. The van der Waals surface area contributed by atoms with Crippen molar-refractivity contribution in [3.05, 3.63) is 61.6 Å². The lowest BCUT2D eigenvalue weighted by Crippen LogP contribution is -2.39. The van der Waals surface area contributed by atoms with E-state index in [1.807, 2.05) is 18.2 Å². The van der Waals surface area contributed by atoms with Gasteiger partial charge in [0.2, 0.25) is 0 Å². The summed E-state index contributed by atoms with van der Waals surface area (Å²) < 4.78 is 3.96. The van der Waals surface area contributed by atoms with E-state index in [4.69, 9.17) is 16.8 Å². The molecule has 3 heterocycles. The fourth-order valence-corrected chi connectivity index (χ4v) is 3.61. The van der Waals surface area contributed by atoms with Gasteiger partial charge in [0.15, 0.2) is 17.0 Å². The molecule has 144 valence electrons. The molecule has 28 heavy (non-hydrogen) atoms. The number of nitrogens with zero attached hydrogens (tertiary/aromatic N) is 5. The van der Waals surface area contributed by atoms with Gasteiger partial charge in [0, 0.05) is 35.7 Å². The number of nitrogens with one attached hydrogen (secondary N) is 1. The van der Waals surface area contributed by atoms with Crippen molar-refractivity contribution in [2.24, 2.45) is 19.3 Å². The summed E-state index contributed by atoms with van der Waals surface area (Å²) in [5.41, 5.74) is 1.24. The number of benzene rings is 1. The largest absolute Gasteiger partial charge is 0.411 e. The molecule has 10 heteroatoms. The Kier molecular flexibility index (Phi) is 4.11. The molecule has 1 aromatic carbocycles. The smallest absolute Gasteiger partial charge is 0.332 e. The van der Waals surface area contributed by atoms with Crippen LogP contribution >= 0.6 is 11.6 Å². The van der Waals surface area contributed by atoms with Gasteiger partial charge in [-0.05, 0) is 25.1 Å². The number of hydrogen-bond acceptors (Lipinski definition) is 5. The van der Waals surface area contributed by atoms with E-state index < -0.39 is 11.2 Å². The Bertz CT molecular complexity index is 1390. The lowest BCUT2D eigenvalue weighted by Gasteiger charge is -2.07. The highest BCUT2D eigenvalue weighted by Gasteiger charge is 2.20. The standard InChI is InChI=1S/C18H17ClN6O3/c1-9(22-28)15-21-16-14(23(15)2)17(26)25(18(27)24(16)3)8-10-7-11-12(19)5-4-6-13(11)20-10/h4-7,20,28H,8H2,1-3H3/b22-9+. The molecule has 0 spiro atoms. The van der Waals surface area contributed by atoms with Gasteiger partial charge in [-0.3, -0.25) is 13.9 Å². The average molecular weight is 401 g/mol. The van der Waals surface area contributed by atoms with E-state index >= 15 is 0 Å². The van der Waals surface area contributed by atoms with Crippen molar-refractivity contribution in [2.45, 2.75) is 13.5 Å². The average Bonchev–Trinajstić information content (AvgIpc) is 3.25. The van der Waals surface area contributed by atoms with Crippen molar-refractivity contribution >= 4 is 39.4 Å². The minimum absolute atomic E-state index is 0.0556. The van der Waals surface area contributed by atoms with Gasteiger partial charge in [-0.15, -0.1) is 0 Å². The van der Waals surface area contributed by atoms with Crippen LogP contribution in [0.1, 0.15) is 18.4 Å². The maximum atomic E-state index is 13.1. The molecular formula is C18H17ClN6O3. The van der Waals surface area contributed by atoms with Gasteiger partial charge in [0.05, 0.1) is 6.54 Å². The lowest BCUT2D eigenvalue weighted by atomic mass is 10.2. The van der Waals surface area contributed by atoms with Crippen LogP contribution in [0.3, 0.4) is 0 Å². The fraction of sp³-hybridized carbons (Fsp3) is 0.222. The first-order valence-electron chi connectivity index (χ1n) is 8.45. The zero-order valence-corrected chi connectivity index (χ0v) is 16.2. The third-order valence-electron chi connectivity index (χ3n) is 4.83. The molecule has 0 bridgehead atoms. The molecular weight excluding hydrogens is 384 g/mol. The van der Waals surface area contributed by atoms with Crippen molar-refractivity contribution < 1.29 is 5.21 Å². The second-order valence-electron chi connectivity index (χ2n) is 6.58. The Balaban J connectivity index is 1.94. The first-order chi connectivity index (χ1) is 13.3. The summed E-state index contributed by atoms with van der Waals surface area (Å²) in [5, 5.41) is 13.6. The summed E-state index contributed by atoms with van der Waals surface area (Å²) in [6.45, 7) is 1.62. The number of imidazole rings is 1. The zero-order valence-electron chi connectivity index (χ0n) is 15.4. The number of fused-ring (bicyclic) bond motifs is 2. The Morgan fingerprint density at radius 1 is 1.29 bits per heavy atom. The van der Waals surface area contributed by atoms with Crippen LogP contribution in [0.4, 0.5) is 0 Å². The molecule has 0 aliphatic heterocycles. The summed E-state index contributed by atoms with van der Waals surface area (Å²) in [4.78, 5) is 33.4. The number of oxime groups is 1. The van der Waals surface area contributed by atoms with Gasteiger partial charge >= 0.3 is 5.69 Å². The Hall–Kier alpha value is -3.33. The van der Waals surface area contributed by atoms with E-state index in [0.29, 0.717) is 16.5 Å². The highest BCUT2D eigenvalue weighted by Crippen LogP contribution is 2.24. The molecule has 0 amide bonds. The first-order valence-corrected chi connectivity index (χ1v) is 8.82. The molecule has 0 saturated heterocycles. The second kappa shape index (κ2) is 6.38. The number of aromatic nitrogens is 5. The number of rotatable bonds is 3. The summed E-state index contributed by atoms with van der Waals surface area (Å²) in [5.74, 6) is 0.305. The lowest BCUT2D eigenvalue weighted by molar-refractivity contribution is 0.318. The summed E-state index contributed by atoms with van der Waals surface area (Å²) in [7, 11) is 3.18. The van der Waals surface area contributed by atoms with Crippen LogP contribution in [0.5, 0.6) is 0 Å². The summed E-state index contributed by atoms with van der Waals surface area (Å²) in [6, 6.07) is 7.30. The second-order valence-corrected chi connectivity index (χ2v) is 6.99. The van der Waals surface area contributed by atoms with Crippen LogP contribution in [-0.2, 0) is 20.6 Å². The van der Waals surface area contributed by atoms with Crippen LogP contribution in [0, 0.1) is 0 Å². The molecule has 0 radical (unpaired) electrons. The van der Waals surface area contributed by atoms with E-state index in [-0.39, 0.29) is 23.4 Å². The van der Waals surface area contributed by atoms with Gasteiger partial charge in [-0.2, -0.15) is 0 Å². The quantitative estimate of drug-likeness (QED) is 0.310. The van der Waals surface area contributed by atoms with Crippen LogP contribution in [-0.4, -0.2) is 34.6 Å². The predicted molar refractivity (Wildman–Crippen MR) is 107 cm³/mol. The van der Waals surface area contributed by atoms with E-state index in [1.165, 1.54) is 9.13 Å². The Morgan fingerprint density at radius 3 is 2.71 bits per heavy atom. The molecule has 0 fully saturated rings. The van der Waals surface area contributed by atoms with E-state index in [0.717, 1.165) is 15.5 Å². The fourth-order valence-electron chi connectivity index (χ4n) is 3.38. The van der Waals surface area contributed by atoms with Crippen molar-refractivity contribution in [2.75, 3.05) is 0 Å². The van der Waals surface area contributed by atoms with E-state index in [2.05, 4.69) is 15.1 Å². The third-order valence-corrected chi connectivity index (χ3v) is 5.16. The highest BCUT2D eigenvalue weighted by molar-refractivity contribution is 6.35. The molecule has 0 aliphatic rings. The molecule has 3 aromatic heterocycles. The first kappa shape index (κ1) is 18.1. The summed E-state index contributed by atoms with van der Waals surface area (Å²) >= 11 is 6.21. The van der Waals surface area contributed by atoms with Gasteiger partial charge in [-0.25, -0.2) is 9.78 Å². The number of hydrogen-bond donors (Lipinski definition) is 2. The molecule has 4 aromatic rings. The summed E-state index contributed by atoms with van der Waals surface area (Å²) in [6.07, 6.45) is 0. The molecule has 2 N–H and O–H groups in total. The number of H-pyrrole nitrogens is 1. The SMILES string of the molecule is C/C(=N\O)c1nc2c(c(=O)n(Cc3cc4c(Cl)cccc4[nH]3)c(=O)n2C)n1C. The molecule has 0 aliphatic carbocycles. The van der Waals surface area contributed by atoms with Crippen molar-refractivity contribution in [1.82, 2.24) is 23.7 Å². The zero-order chi connectivity index (χ0) is 20.2. The molecule has 0 atom stereocenters. The van der Waals surface area contributed by atoms with Crippen molar-refractivity contribution in [3.63, 3.8) is 0 Å². The van der Waals surface area contributed by atoms with Gasteiger partial charge in [-0.1, -0.05) is 22.8 Å². The highest BCUT2D eigenvalue weighted by atomic mass is 35.5. The Labute approximate surface area is 163 Å². The molecule has 9 nitrogen and oxygen atoms in total. The maximum Gasteiger partial charge on any atom is 0.332 e. The van der Waals surface area contributed by atoms with E-state index in [9.17, 15) is 9.59 Å².